The van der Waals surface area contributed by atoms with Crippen molar-refractivity contribution in [2.24, 2.45) is 5.92 Å². The van der Waals surface area contributed by atoms with Crippen molar-refractivity contribution in [3.63, 3.8) is 0 Å². The third-order valence-electron chi connectivity index (χ3n) is 2.92. The van der Waals surface area contributed by atoms with Gasteiger partial charge in [0.15, 0.2) is 0 Å². The average molecular weight is 262 g/mol. The molecule has 4 nitrogen and oxygen atoms in total. The van der Waals surface area contributed by atoms with Crippen LogP contribution in [0.2, 0.25) is 0 Å². The second kappa shape index (κ2) is 6.57. The first-order chi connectivity index (χ1) is 9.13. The Kier molecular flexibility index (Phi) is 4.80. The lowest BCUT2D eigenvalue weighted by Gasteiger charge is -2.09. The zero-order chi connectivity index (χ0) is 13.7. The number of ether oxygens (including phenoxy) is 1. The fourth-order valence-electron chi connectivity index (χ4n) is 1.65. The molecule has 1 aliphatic rings. The average Bonchev–Trinajstić information content (AvgIpc) is 3.20. The largest absolute Gasteiger partial charge is 0.449 e. The van der Waals surface area contributed by atoms with E-state index >= 15 is 0 Å². The second-order valence-electron chi connectivity index (χ2n) is 5.47. The Balaban J connectivity index is 1.75. The van der Waals surface area contributed by atoms with Gasteiger partial charge in [0.2, 0.25) is 0 Å². The van der Waals surface area contributed by atoms with Crippen molar-refractivity contribution in [3.05, 3.63) is 29.8 Å². The Hall–Kier alpha value is -1.55. The Morgan fingerprint density at radius 3 is 2.58 bits per heavy atom. The Morgan fingerprint density at radius 2 is 2.00 bits per heavy atom. The fourth-order valence-corrected chi connectivity index (χ4v) is 1.65. The van der Waals surface area contributed by atoms with Crippen molar-refractivity contribution in [3.8, 4) is 0 Å². The molecule has 0 heterocycles. The third-order valence-corrected chi connectivity index (χ3v) is 2.92. The minimum absolute atomic E-state index is 0.349. The number of carbonyl (C=O) groups excluding carboxylic acids is 1. The molecule has 0 bridgehead atoms. The summed E-state index contributed by atoms with van der Waals surface area (Å²) < 4.78 is 5.06. The molecule has 0 atom stereocenters. The SMILES string of the molecule is CC(C)COC(=O)Nc1ccc(CNC2CC2)cc1. The van der Waals surface area contributed by atoms with Crippen molar-refractivity contribution in [1.82, 2.24) is 5.32 Å². The monoisotopic (exact) mass is 262 g/mol. The first-order valence-electron chi connectivity index (χ1n) is 6.89. The van der Waals surface area contributed by atoms with E-state index in [2.05, 4.69) is 10.6 Å². The number of anilines is 1. The first-order valence-corrected chi connectivity index (χ1v) is 6.89. The molecule has 19 heavy (non-hydrogen) atoms. The topological polar surface area (TPSA) is 50.4 Å². The van der Waals surface area contributed by atoms with Crippen molar-refractivity contribution in [2.75, 3.05) is 11.9 Å². The summed E-state index contributed by atoms with van der Waals surface area (Å²) in [7, 11) is 0. The van der Waals surface area contributed by atoms with E-state index in [0.29, 0.717) is 18.6 Å². The fraction of sp³-hybridized carbons (Fsp3) is 0.533. The van der Waals surface area contributed by atoms with Gasteiger partial charge in [-0.1, -0.05) is 26.0 Å². The minimum Gasteiger partial charge on any atom is -0.449 e. The maximum absolute atomic E-state index is 11.5. The number of amides is 1. The van der Waals surface area contributed by atoms with Gasteiger partial charge in [-0.25, -0.2) is 4.79 Å². The number of rotatable bonds is 6. The minimum atomic E-state index is -0.391. The summed E-state index contributed by atoms with van der Waals surface area (Å²) in [6, 6.07) is 8.56. The summed E-state index contributed by atoms with van der Waals surface area (Å²) in [5.41, 5.74) is 2.00. The van der Waals surface area contributed by atoms with Crippen LogP contribution in [0.5, 0.6) is 0 Å². The molecule has 0 aromatic heterocycles. The van der Waals surface area contributed by atoms with E-state index in [4.69, 9.17) is 4.74 Å². The molecule has 1 amide bonds. The summed E-state index contributed by atoms with van der Waals surface area (Å²) in [5.74, 6) is 0.349. The van der Waals surface area contributed by atoms with Crippen LogP contribution in [0.3, 0.4) is 0 Å². The van der Waals surface area contributed by atoms with E-state index in [-0.39, 0.29) is 0 Å². The Bertz CT molecular complexity index is 411. The summed E-state index contributed by atoms with van der Waals surface area (Å²) in [5, 5.41) is 6.17. The van der Waals surface area contributed by atoms with Gasteiger partial charge in [-0.2, -0.15) is 0 Å². The van der Waals surface area contributed by atoms with Crippen LogP contribution in [-0.2, 0) is 11.3 Å². The Morgan fingerprint density at radius 1 is 1.32 bits per heavy atom. The van der Waals surface area contributed by atoms with Crippen LogP contribution < -0.4 is 10.6 Å². The molecule has 1 aromatic carbocycles. The van der Waals surface area contributed by atoms with E-state index in [1.165, 1.54) is 18.4 Å². The summed E-state index contributed by atoms with van der Waals surface area (Å²) >= 11 is 0. The van der Waals surface area contributed by atoms with Gasteiger partial charge >= 0.3 is 6.09 Å². The molecule has 4 heteroatoms. The van der Waals surface area contributed by atoms with Crippen LogP contribution in [0.1, 0.15) is 32.3 Å². The number of nitrogens with one attached hydrogen (secondary N) is 2. The smallest absolute Gasteiger partial charge is 0.411 e. The van der Waals surface area contributed by atoms with Gasteiger partial charge in [0.1, 0.15) is 0 Å². The van der Waals surface area contributed by atoms with Crippen LogP contribution in [0, 0.1) is 5.92 Å². The van der Waals surface area contributed by atoms with E-state index in [0.717, 1.165) is 12.2 Å². The van der Waals surface area contributed by atoms with Crippen molar-refractivity contribution < 1.29 is 9.53 Å². The predicted molar refractivity (Wildman–Crippen MR) is 76.1 cm³/mol. The molecule has 0 spiro atoms. The van der Waals surface area contributed by atoms with E-state index in [1.807, 2.05) is 38.1 Å². The van der Waals surface area contributed by atoms with Gasteiger partial charge in [0, 0.05) is 18.3 Å². The molecule has 0 unspecified atom stereocenters. The standard InChI is InChI=1S/C15H22N2O2/c1-11(2)10-19-15(18)17-14-5-3-12(4-6-14)9-16-13-7-8-13/h3-6,11,13,16H,7-10H2,1-2H3,(H,17,18). The molecule has 0 aliphatic heterocycles. The highest BCUT2D eigenvalue weighted by Gasteiger charge is 2.19. The molecule has 104 valence electrons. The highest BCUT2D eigenvalue weighted by atomic mass is 16.5. The van der Waals surface area contributed by atoms with Gasteiger partial charge in [-0.05, 0) is 36.5 Å². The van der Waals surface area contributed by atoms with Crippen LogP contribution >= 0.6 is 0 Å². The molecular formula is C15H22N2O2. The molecule has 1 aromatic rings. The third kappa shape index (κ3) is 5.30. The van der Waals surface area contributed by atoms with Gasteiger partial charge in [-0.15, -0.1) is 0 Å². The zero-order valence-corrected chi connectivity index (χ0v) is 11.6. The lowest BCUT2D eigenvalue weighted by Crippen LogP contribution is -2.17. The number of hydrogen-bond donors (Lipinski definition) is 2. The van der Waals surface area contributed by atoms with Gasteiger partial charge in [0.05, 0.1) is 6.61 Å². The highest BCUT2D eigenvalue weighted by molar-refractivity contribution is 5.84. The van der Waals surface area contributed by atoms with Gasteiger partial charge in [0.25, 0.3) is 0 Å². The molecule has 0 radical (unpaired) electrons. The molecular weight excluding hydrogens is 240 g/mol. The summed E-state index contributed by atoms with van der Waals surface area (Å²) in [6.45, 7) is 5.35. The predicted octanol–water partition coefficient (Wildman–Crippen LogP) is 3.14. The molecule has 1 fully saturated rings. The first kappa shape index (κ1) is 13.9. The van der Waals surface area contributed by atoms with Crippen LogP contribution in [0.25, 0.3) is 0 Å². The second-order valence-corrected chi connectivity index (χ2v) is 5.47. The Labute approximate surface area is 114 Å². The molecule has 0 saturated heterocycles. The normalized spacial score (nSPS) is 14.5. The van der Waals surface area contributed by atoms with Crippen molar-refractivity contribution in [1.29, 1.82) is 0 Å². The molecule has 2 rings (SSSR count). The summed E-state index contributed by atoms with van der Waals surface area (Å²) in [6.07, 6.45) is 2.19. The lowest BCUT2D eigenvalue weighted by molar-refractivity contribution is 0.147. The van der Waals surface area contributed by atoms with Crippen LogP contribution in [0.15, 0.2) is 24.3 Å². The molecule has 2 N–H and O–H groups in total. The summed E-state index contributed by atoms with van der Waals surface area (Å²) in [4.78, 5) is 11.5. The number of carbonyl (C=O) groups is 1. The van der Waals surface area contributed by atoms with Crippen molar-refractivity contribution >= 4 is 11.8 Å². The quantitative estimate of drug-likeness (QED) is 0.828. The zero-order valence-electron chi connectivity index (χ0n) is 11.6. The van der Waals surface area contributed by atoms with E-state index in [9.17, 15) is 4.79 Å². The highest BCUT2D eigenvalue weighted by Crippen LogP contribution is 2.19. The van der Waals surface area contributed by atoms with Crippen LogP contribution in [-0.4, -0.2) is 18.7 Å². The molecule has 1 saturated carbocycles. The lowest BCUT2D eigenvalue weighted by atomic mass is 10.2. The van der Waals surface area contributed by atoms with Gasteiger partial charge in [-0.3, -0.25) is 5.32 Å². The number of benzene rings is 1. The van der Waals surface area contributed by atoms with Crippen LogP contribution in [0.4, 0.5) is 10.5 Å². The maximum Gasteiger partial charge on any atom is 0.411 e. The van der Waals surface area contributed by atoms with Gasteiger partial charge < -0.3 is 10.1 Å². The van der Waals surface area contributed by atoms with E-state index < -0.39 is 6.09 Å². The van der Waals surface area contributed by atoms with Crippen molar-refractivity contribution in [2.45, 2.75) is 39.3 Å². The maximum atomic E-state index is 11.5. The number of hydrogen-bond acceptors (Lipinski definition) is 3. The van der Waals surface area contributed by atoms with E-state index in [1.54, 1.807) is 0 Å². The molecule has 1 aliphatic carbocycles.